The second kappa shape index (κ2) is 8.03. The van der Waals surface area contributed by atoms with Crippen LogP contribution in [0.2, 0.25) is 5.02 Å². The van der Waals surface area contributed by atoms with Crippen LogP contribution in [-0.2, 0) is 11.2 Å². The Morgan fingerprint density at radius 2 is 2.00 bits per heavy atom. The molecule has 7 heteroatoms. The molecule has 0 atom stereocenters. The fourth-order valence-electron chi connectivity index (χ4n) is 4.09. The summed E-state index contributed by atoms with van der Waals surface area (Å²) in [6.45, 7) is 3.79. The standard InChI is InChI=1S/C21H24ClFN4O/c1-14-18(23)13-24-21(25-14)26-10-7-15(8-11-26)20(28)27-9-3-2-4-16-12-17(22)5-6-19(16)27/h5-6,12-13,15H,2-4,7-11H2,1H3. The number of carbonyl (C=O) groups is 1. The predicted molar refractivity (Wildman–Crippen MR) is 108 cm³/mol. The third kappa shape index (κ3) is 3.83. The number of halogens is 2. The Kier molecular flexibility index (Phi) is 5.49. The number of rotatable bonds is 2. The lowest BCUT2D eigenvalue weighted by Gasteiger charge is -2.34. The van der Waals surface area contributed by atoms with Gasteiger partial charge in [-0.1, -0.05) is 11.6 Å². The van der Waals surface area contributed by atoms with Crippen LogP contribution in [0, 0.1) is 18.7 Å². The lowest BCUT2D eigenvalue weighted by atomic mass is 9.95. The summed E-state index contributed by atoms with van der Waals surface area (Å²) >= 11 is 6.16. The maximum Gasteiger partial charge on any atom is 0.230 e. The first kappa shape index (κ1) is 19.1. The van der Waals surface area contributed by atoms with E-state index in [2.05, 4.69) is 9.97 Å². The number of anilines is 2. The molecule has 0 saturated carbocycles. The van der Waals surface area contributed by atoms with Gasteiger partial charge in [0.2, 0.25) is 11.9 Å². The number of benzene rings is 1. The van der Waals surface area contributed by atoms with Crippen molar-refractivity contribution in [3.8, 4) is 0 Å². The summed E-state index contributed by atoms with van der Waals surface area (Å²) in [6.07, 6.45) is 5.74. The van der Waals surface area contributed by atoms with Crippen LogP contribution in [-0.4, -0.2) is 35.5 Å². The number of fused-ring (bicyclic) bond motifs is 1. The molecule has 0 aliphatic carbocycles. The van der Waals surface area contributed by atoms with Gasteiger partial charge in [-0.2, -0.15) is 0 Å². The zero-order valence-corrected chi connectivity index (χ0v) is 16.8. The van der Waals surface area contributed by atoms with Crippen molar-refractivity contribution in [3.05, 3.63) is 46.5 Å². The van der Waals surface area contributed by atoms with Crippen molar-refractivity contribution in [1.82, 2.24) is 9.97 Å². The predicted octanol–water partition coefficient (Wildman–Crippen LogP) is 4.16. The summed E-state index contributed by atoms with van der Waals surface area (Å²) in [6, 6.07) is 5.83. The molecular formula is C21H24ClFN4O. The Hall–Kier alpha value is -2.21. The molecule has 1 amide bonds. The molecule has 0 N–H and O–H groups in total. The van der Waals surface area contributed by atoms with Gasteiger partial charge in [-0.15, -0.1) is 0 Å². The van der Waals surface area contributed by atoms with E-state index in [1.807, 2.05) is 28.0 Å². The lowest BCUT2D eigenvalue weighted by molar-refractivity contribution is -0.123. The van der Waals surface area contributed by atoms with Crippen molar-refractivity contribution >= 4 is 29.1 Å². The molecule has 0 bridgehead atoms. The van der Waals surface area contributed by atoms with Gasteiger partial charge in [0.15, 0.2) is 5.82 Å². The molecule has 0 radical (unpaired) electrons. The molecule has 0 spiro atoms. The number of piperidine rings is 1. The van der Waals surface area contributed by atoms with Crippen LogP contribution in [0.15, 0.2) is 24.4 Å². The second-order valence-corrected chi connectivity index (χ2v) is 8.02. The van der Waals surface area contributed by atoms with E-state index in [9.17, 15) is 9.18 Å². The summed E-state index contributed by atoms with van der Waals surface area (Å²) in [7, 11) is 0. The highest BCUT2D eigenvalue weighted by Gasteiger charge is 2.31. The minimum absolute atomic E-state index is 0.0144. The van der Waals surface area contributed by atoms with Crippen LogP contribution >= 0.6 is 11.6 Å². The third-order valence-electron chi connectivity index (χ3n) is 5.71. The summed E-state index contributed by atoms with van der Waals surface area (Å²) < 4.78 is 13.4. The fraction of sp³-hybridized carbons (Fsp3) is 0.476. The fourth-order valence-corrected chi connectivity index (χ4v) is 4.29. The maximum absolute atomic E-state index is 13.4. The molecule has 0 unspecified atom stereocenters. The van der Waals surface area contributed by atoms with Gasteiger partial charge in [0.1, 0.15) is 0 Å². The van der Waals surface area contributed by atoms with Crippen molar-refractivity contribution in [1.29, 1.82) is 0 Å². The van der Waals surface area contributed by atoms with Gasteiger partial charge < -0.3 is 9.80 Å². The first-order valence-corrected chi connectivity index (χ1v) is 10.2. The number of carbonyl (C=O) groups excluding carboxylic acids is 1. The Balaban J connectivity index is 1.46. The van der Waals surface area contributed by atoms with Gasteiger partial charge >= 0.3 is 0 Å². The van der Waals surface area contributed by atoms with Gasteiger partial charge in [0.05, 0.1) is 11.9 Å². The Morgan fingerprint density at radius 1 is 1.21 bits per heavy atom. The number of aromatic nitrogens is 2. The summed E-state index contributed by atoms with van der Waals surface area (Å²) in [5.41, 5.74) is 2.51. The Labute approximate surface area is 169 Å². The van der Waals surface area contributed by atoms with Gasteiger partial charge in [-0.05, 0) is 62.8 Å². The molecule has 2 aliphatic heterocycles. The molecule has 1 fully saturated rings. The third-order valence-corrected chi connectivity index (χ3v) is 5.95. The van der Waals surface area contributed by atoms with E-state index in [0.29, 0.717) is 24.7 Å². The second-order valence-electron chi connectivity index (χ2n) is 7.58. The molecule has 3 heterocycles. The largest absolute Gasteiger partial charge is 0.341 e. The highest BCUT2D eigenvalue weighted by Crippen LogP contribution is 2.32. The van der Waals surface area contributed by atoms with Gasteiger partial charge in [-0.25, -0.2) is 14.4 Å². The molecule has 1 aromatic carbocycles. The number of nitrogens with zero attached hydrogens (tertiary/aromatic N) is 4. The van der Waals surface area contributed by atoms with E-state index in [4.69, 9.17) is 11.6 Å². The molecule has 5 nitrogen and oxygen atoms in total. The van der Waals surface area contributed by atoms with E-state index >= 15 is 0 Å². The summed E-state index contributed by atoms with van der Waals surface area (Å²) in [4.78, 5) is 25.6. The van der Waals surface area contributed by atoms with Crippen LogP contribution in [0.1, 0.15) is 36.9 Å². The maximum atomic E-state index is 13.4. The summed E-state index contributed by atoms with van der Waals surface area (Å²) in [5, 5.41) is 0.718. The molecule has 1 saturated heterocycles. The van der Waals surface area contributed by atoms with Crippen LogP contribution in [0.3, 0.4) is 0 Å². The molecule has 4 rings (SSSR count). The smallest absolute Gasteiger partial charge is 0.230 e. The van der Waals surface area contributed by atoms with E-state index in [1.165, 1.54) is 6.20 Å². The van der Waals surface area contributed by atoms with Gasteiger partial charge in [-0.3, -0.25) is 4.79 Å². The minimum Gasteiger partial charge on any atom is -0.341 e. The van der Waals surface area contributed by atoms with Crippen molar-refractivity contribution in [2.75, 3.05) is 29.4 Å². The Morgan fingerprint density at radius 3 is 2.75 bits per heavy atom. The average molecular weight is 403 g/mol. The van der Waals surface area contributed by atoms with E-state index in [-0.39, 0.29) is 11.8 Å². The monoisotopic (exact) mass is 402 g/mol. The van der Waals surface area contributed by atoms with Gasteiger partial charge in [0, 0.05) is 36.3 Å². The molecular weight excluding hydrogens is 379 g/mol. The normalized spacial score (nSPS) is 18.0. The van der Waals surface area contributed by atoms with E-state index < -0.39 is 5.82 Å². The number of hydrogen-bond donors (Lipinski definition) is 0. The van der Waals surface area contributed by atoms with Crippen molar-refractivity contribution in [2.45, 2.75) is 39.0 Å². The van der Waals surface area contributed by atoms with Crippen LogP contribution in [0.25, 0.3) is 0 Å². The summed E-state index contributed by atoms with van der Waals surface area (Å²) in [5.74, 6) is 0.328. The van der Waals surface area contributed by atoms with Crippen LogP contribution in [0.5, 0.6) is 0 Å². The highest BCUT2D eigenvalue weighted by atomic mass is 35.5. The zero-order valence-electron chi connectivity index (χ0n) is 16.0. The van der Waals surface area contributed by atoms with Crippen molar-refractivity contribution < 1.29 is 9.18 Å². The Bertz CT molecular complexity index is 883. The quantitative estimate of drug-likeness (QED) is 0.756. The van der Waals surface area contributed by atoms with Crippen molar-refractivity contribution in [3.63, 3.8) is 0 Å². The molecule has 28 heavy (non-hydrogen) atoms. The number of aryl methyl sites for hydroxylation is 2. The minimum atomic E-state index is -0.395. The first-order valence-electron chi connectivity index (χ1n) is 9.87. The van der Waals surface area contributed by atoms with Crippen LogP contribution < -0.4 is 9.80 Å². The molecule has 2 aliphatic rings. The molecule has 1 aromatic heterocycles. The van der Waals surface area contributed by atoms with E-state index in [1.54, 1.807) is 6.92 Å². The van der Waals surface area contributed by atoms with Crippen LogP contribution in [0.4, 0.5) is 16.0 Å². The number of hydrogen-bond acceptors (Lipinski definition) is 4. The zero-order chi connectivity index (χ0) is 19.7. The topological polar surface area (TPSA) is 49.3 Å². The molecule has 148 valence electrons. The van der Waals surface area contributed by atoms with E-state index in [0.717, 1.165) is 54.9 Å². The molecule has 2 aromatic rings. The lowest BCUT2D eigenvalue weighted by Crippen LogP contribution is -2.43. The SMILES string of the molecule is Cc1nc(N2CCC(C(=O)N3CCCCc4cc(Cl)ccc43)CC2)ncc1F. The highest BCUT2D eigenvalue weighted by molar-refractivity contribution is 6.30. The van der Waals surface area contributed by atoms with Crippen molar-refractivity contribution in [2.24, 2.45) is 5.92 Å². The average Bonchev–Trinajstić information content (AvgIpc) is 2.91. The first-order chi connectivity index (χ1) is 13.5. The number of amides is 1. The van der Waals surface area contributed by atoms with Gasteiger partial charge in [0.25, 0.3) is 0 Å².